The number of ether oxygens (including phenoxy) is 1. The average molecular weight is 403 g/mol. The Morgan fingerprint density at radius 3 is 2.57 bits per heavy atom. The highest BCUT2D eigenvalue weighted by Crippen LogP contribution is 2.35. The van der Waals surface area contributed by atoms with Crippen LogP contribution in [0.2, 0.25) is 0 Å². The number of sulfonamides is 1. The number of aromatic nitrogens is 2. The summed E-state index contributed by atoms with van der Waals surface area (Å²) >= 11 is 0. The Hall–Kier alpha value is -2.78. The van der Waals surface area contributed by atoms with Gasteiger partial charge in [-0.25, -0.2) is 12.8 Å². The molecule has 0 atom stereocenters. The molecular formula is C19H18FN3O4S. The zero-order chi connectivity index (χ0) is 19.7. The van der Waals surface area contributed by atoms with Crippen LogP contribution in [-0.4, -0.2) is 42.6 Å². The third-order valence-electron chi connectivity index (χ3n) is 4.50. The van der Waals surface area contributed by atoms with Crippen molar-refractivity contribution in [2.24, 2.45) is 0 Å². The van der Waals surface area contributed by atoms with E-state index in [-0.39, 0.29) is 35.6 Å². The predicted molar refractivity (Wildman–Crippen MR) is 98.8 cm³/mol. The van der Waals surface area contributed by atoms with Crippen LogP contribution in [0.4, 0.5) is 4.39 Å². The lowest BCUT2D eigenvalue weighted by Gasteiger charge is -2.36. The van der Waals surface area contributed by atoms with Crippen LogP contribution in [0.1, 0.15) is 18.7 Å². The summed E-state index contributed by atoms with van der Waals surface area (Å²) in [6.07, 6.45) is 0. The number of benzene rings is 2. The number of hydrogen-bond acceptors (Lipinski definition) is 6. The van der Waals surface area contributed by atoms with Gasteiger partial charge in [-0.05, 0) is 43.3 Å². The molecular weight excluding hydrogens is 385 g/mol. The highest BCUT2D eigenvalue weighted by atomic mass is 32.2. The second kappa shape index (κ2) is 7.33. The smallest absolute Gasteiger partial charge is 0.247 e. The molecule has 0 unspecified atom stereocenters. The van der Waals surface area contributed by atoms with Gasteiger partial charge in [0.25, 0.3) is 0 Å². The summed E-state index contributed by atoms with van der Waals surface area (Å²) in [5.41, 5.74) is 0.606. The molecule has 0 radical (unpaired) electrons. The summed E-state index contributed by atoms with van der Waals surface area (Å²) in [5, 5.41) is 7.99. The van der Waals surface area contributed by atoms with Gasteiger partial charge in [-0.1, -0.05) is 12.1 Å². The van der Waals surface area contributed by atoms with Crippen LogP contribution in [0.25, 0.3) is 11.5 Å². The first-order valence-corrected chi connectivity index (χ1v) is 10.2. The Kier molecular flexibility index (Phi) is 4.86. The van der Waals surface area contributed by atoms with Gasteiger partial charge in [-0.15, -0.1) is 10.2 Å². The number of nitrogens with zero attached hydrogens (tertiary/aromatic N) is 3. The monoisotopic (exact) mass is 403 g/mol. The zero-order valence-corrected chi connectivity index (χ0v) is 15.9. The van der Waals surface area contributed by atoms with Gasteiger partial charge in [-0.2, -0.15) is 4.31 Å². The quantitative estimate of drug-likeness (QED) is 0.629. The maximum absolute atomic E-state index is 13.0. The molecule has 0 N–H and O–H groups in total. The minimum atomic E-state index is -3.67. The van der Waals surface area contributed by atoms with Crippen molar-refractivity contribution >= 4 is 10.0 Å². The van der Waals surface area contributed by atoms with Crippen molar-refractivity contribution in [2.75, 3.05) is 19.7 Å². The summed E-state index contributed by atoms with van der Waals surface area (Å²) in [5.74, 6) is 0.443. The van der Waals surface area contributed by atoms with E-state index >= 15 is 0 Å². The molecule has 1 fully saturated rings. The molecule has 0 amide bonds. The van der Waals surface area contributed by atoms with Gasteiger partial charge >= 0.3 is 0 Å². The van der Waals surface area contributed by atoms with Gasteiger partial charge in [0, 0.05) is 18.7 Å². The molecule has 28 heavy (non-hydrogen) atoms. The first-order valence-electron chi connectivity index (χ1n) is 8.80. The van der Waals surface area contributed by atoms with E-state index in [4.69, 9.17) is 9.15 Å². The van der Waals surface area contributed by atoms with E-state index in [1.807, 2.05) is 0 Å². The van der Waals surface area contributed by atoms with E-state index in [1.54, 1.807) is 37.3 Å². The molecule has 7 nitrogen and oxygen atoms in total. The summed E-state index contributed by atoms with van der Waals surface area (Å²) in [6.45, 7) is 2.67. The molecule has 4 rings (SSSR count). The van der Waals surface area contributed by atoms with E-state index in [2.05, 4.69) is 10.2 Å². The van der Waals surface area contributed by atoms with Crippen molar-refractivity contribution in [3.63, 3.8) is 0 Å². The molecule has 2 aromatic carbocycles. The maximum atomic E-state index is 13.0. The lowest BCUT2D eigenvalue weighted by molar-refractivity contribution is 0.231. The zero-order valence-electron chi connectivity index (χ0n) is 15.1. The Morgan fingerprint density at radius 2 is 1.86 bits per heavy atom. The van der Waals surface area contributed by atoms with Crippen LogP contribution in [0.15, 0.2) is 57.8 Å². The van der Waals surface area contributed by atoms with Crippen LogP contribution in [0.5, 0.6) is 5.75 Å². The van der Waals surface area contributed by atoms with Crippen LogP contribution in [0, 0.1) is 5.82 Å². The SMILES string of the molecule is CCOc1ccccc1S(=O)(=O)N1CC(c2nnc(-c3ccc(F)cc3)o2)C1. The van der Waals surface area contributed by atoms with Gasteiger partial charge < -0.3 is 9.15 Å². The minimum absolute atomic E-state index is 0.146. The molecule has 0 aliphatic carbocycles. The van der Waals surface area contributed by atoms with Crippen molar-refractivity contribution in [2.45, 2.75) is 17.7 Å². The third-order valence-corrected chi connectivity index (χ3v) is 6.37. The van der Waals surface area contributed by atoms with Gasteiger partial charge in [0.05, 0.1) is 12.5 Å². The summed E-state index contributed by atoms with van der Waals surface area (Å²) in [7, 11) is -3.67. The first-order chi connectivity index (χ1) is 13.5. The molecule has 1 saturated heterocycles. The second-order valence-electron chi connectivity index (χ2n) is 6.35. The summed E-state index contributed by atoms with van der Waals surface area (Å²) in [4.78, 5) is 0.146. The van der Waals surface area contributed by atoms with E-state index in [0.29, 0.717) is 23.8 Å². The minimum Gasteiger partial charge on any atom is -0.492 e. The van der Waals surface area contributed by atoms with E-state index in [9.17, 15) is 12.8 Å². The van der Waals surface area contributed by atoms with Gasteiger partial charge in [0.2, 0.25) is 21.8 Å². The van der Waals surface area contributed by atoms with Crippen molar-refractivity contribution in [3.05, 3.63) is 60.2 Å². The molecule has 146 valence electrons. The number of halogens is 1. The van der Waals surface area contributed by atoms with E-state index < -0.39 is 10.0 Å². The summed E-state index contributed by atoms with van der Waals surface area (Å²) in [6, 6.07) is 12.3. The Bertz CT molecular complexity index is 1080. The standard InChI is InChI=1S/C19H18FN3O4S/c1-2-26-16-5-3-4-6-17(16)28(24,25)23-11-14(12-23)19-22-21-18(27-19)13-7-9-15(20)10-8-13/h3-10,14H,2,11-12H2,1H3. The van der Waals surface area contributed by atoms with Gasteiger partial charge in [0.15, 0.2) is 0 Å². The topological polar surface area (TPSA) is 85.5 Å². The summed E-state index contributed by atoms with van der Waals surface area (Å²) < 4.78 is 51.3. The van der Waals surface area contributed by atoms with Crippen LogP contribution in [-0.2, 0) is 10.0 Å². The first kappa shape index (κ1) is 18.6. The number of hydrogen-bond donors (Lipinski definition) is 0. The van der Waals surface area contributed by atoms with Crippen molar-refractivity contribution < 1.29 is 22.0 Å². The molecule has 1 aliphatic heterocycles. The van der Waals surface area contributed by atoms with E-state index in [1.165, 1.54) is 22.5 Å². The van der Waals surface area contributed by atoms with Crippen LogP contribution < -0.4 is 4.74 Å². The Morgan fingerprint density at radius 1 is 1.14 bits per heavy atom. The van der Waals surface area contributed by atoms with Crippen molar-refractivity contribution in [3.8, 4) is 17.2 Å². The molecule has 0 bridgehead atoms. The van der Waals surface area contributed by atoms with E-state index in [0.717, 1.165) is 0 Å². The Labute approximate surface area is 161 Å². The fourth-order valence-electron chi connectivity index (χ4n) is 2.98. The molecule has 0 spiro atoms. The van der Waals surface area contributed by atoms with Crippen molar-refractivity contribution in [1.29, 1.82) is 0 Å². The maximum Gasteiger partial charge on any atom is 0.247 e. The van der Waals surface area contributed by atoms with Crippen molar-refractivity contribution in [1.82, 2.24) is 14.5 Å². The fraction of sp³-hybridized carbons (Fsp3) is 0.263. The second-order valence-corrected chi connectivity index (χ2v) is 8.26. The molecule has 2 heterocycles. The van der Waals surface area contributed by atoms with Gasteiger partial charge in [0.1, 0.15) is 16.5 Å². The fourth-order valence-corrected chi connectivity index (χ4v) is 4.64. The molecule has 0 saturated carbocycles. The Balaban J connectivity index is 1.48. The van der Waals surface area contributed by atoms with Crippen LogP contribution in [0.3, 0.4) is 0 Å². The largest absolute Gasteiger partial charge is 0.492 e. The number of rotatable bonds is 6. The lowest BCUT2D eigenvalue weighted by atomic mass is 10.0. The lowest BCUT2D eigenvalue weighted by Crippen LogP contribution is -2.48. The molecule has 3 aromatic rings. The molecule has 9 heteroatoms. The van der Waals surface area contributed by atoms with Crippen LogP contribution >= 0.6 is 0 Å². The predicted octanol–water partition coefficient (Wildman–Crippen LogP) is 3.06. The number of para-hydroxylation sites is 1. The highest BCUT2D eigenvalue weighted by molar-refractivity contribution is 7.89. The molecule has 1 aromatic heterocycles. The average Bonchev–Trinajstić information content (AvgIpc) is 3.11. The molecule has 1 aliphatic rings. The highest BCUT2D eigenvalue weighted by Gasteiger charge is 2.41. The third kappa shape index (κ3) is 3.38. The van der Waals surface area contributed by atoms with Gasteiger partial charge in [-0.3, -0.25) is 0 Å². The normalized spacial score (nSPS) is 15.4.